The first-order valence-corrected chi connectivity index (χ1v) is 9.41. The number of aromatic nitrogens is 3. The largest absolute Gasteiger partial charge is 0.248 e. The van der Waals surface area contributed by atoms with Crippen molar-refractivity contribution in [1.29, 1.82) is 0 Å². The lowest BCUT2D eigenvalue weighted by molar-refractivity contribution is 0.460. The van der Waals surface area contributed by atoms with Crippen LogP contribution in [0.4, 0.5) is 0 Å². The molecular formula is C15H18Br2ClN3. The van der Waals surface area contributed by atoms with Gasteiger partial charge in [-0.25, -0.2) is 9.67 Å². The van der Waals surface area contributed by atoms with E-state index in [-0.39, 0.29) is 11.5 Å². The van der Waals surface area contributed by atoms with Crippen molar-refractivity contribution >= 4 is 43.5 Å². The molecule has 1 aromatic carbocycles. The van der Waals surface area contributed by atoms with Crippen LogP contribution in [-0.4, -0.2) is 25.4 Å². The lowest BCUT2D eigenvalue weighted by atomic mass is 9.81. The van der Waals surface area contributed by atoms with Gasteiger partial charge in [0.05, 0.1) is 0 Å². The van der Waals surface area contributed by atoms with Gasteiger partial charge in [0, 0.05) is 33.6 Å². The molecule has 0 saturated heterocycles. The second-order valence-electron chi connectivity index (χ2n) is 5.42. The molecule has 0 N–H and O–H groups in total. The van der Waals surface area contributed by atoms with Crippen molar-refractivity contribution in [2.24, 2.45) is 0 Å². The molecule has 2 aromatic rings. The van der Waals surface area contributed by atoms with Gasteiger partial charge < -0.3 is 0 Å². The summed E-state index contributed by atoms with van der Waals surface area (Å²) in [6.07, 6.45) is 2.39. The van der Waals surface area contributed by atoms with Crippen molar-refractivity contribution in [3.63, 3.8) is 0 Å². The van der Waals surface area contributed by atoms with Crippen LogP contribution in [0.1, 0.15) is 31.3 Å². The monoisotopic (exact) mass is 433 g/mol. The summed E-state index contributed by atoms with van der Waals surface area (Å²) in [6, 6.07) is 8.28. The average molecular weight is 436 g/mol. The Kier molecular flexibility index (Phi) is 5.86. The highest BCUT2D eigenvalue weighted by Crippen LogP contribution is 2.36. The zero-order valence-corrected chi connectivity index (χ0v) is 16.0. The van der Waals surface area contributed by atoms with Crippen LogP contribution in [0.5, 0.6) is 0 Å². The summed E-state index contributed by atoms with van der Waals surface area (Å²) in [5, 5.41) is 6.69. The van der Waals surface area contributed by atoms with Crippen LogP contribution < -0.4 is 0 Å². The molecular weight excluding hydrogens is 417 g/mol. The number of hydrogen-bond acceptors (Lipinski definition) is 2. The van der Waals surface area contributed by atoms with Gasteiger partial charge in [0.2, 0.25) is 0 Å². The molecule has 0 spiro atoms. The molecule has 0 atom stereocenters. The Bertz CT molecular complexity index is 594. The summed E-state index contributed by atoms with van der Waals surface area (Å²) in [5.74, 6) is 0.976. The zero-order valence-electron chi connectivity index (χ0n) is 12.1. The van der Waals surface area contributed by atoms with Crippen LogP contribution >= 0.6 is 43.5 Å². The summed E-state index contributed by atoms with van der Waals surface area (Å²) < 4.78 is 1.97. The molecule has 6 heteroatoms. The van der Waals surface area contributed by atoms with Gasteiger partial charge in [0.1, 0.15) is 12.2 Å². The Morgan fingerprint density at radius 1 is 1.24 bits per heavy atom. The number of benzene rings is 1. The molecule has 0 bridgehead atoms. The van der Waals surface area contributed by atoms with Crippen LogP contribution in [0.3, 0.4) is 0 Å². The van der Waals surface area contributed by atoms with Gasteiger partial charge in [-0.2, -0.15) is 5.10 Å². The first-order valence-electron chi connectivity index (χ1n) is 6.79. The molecule has 0 aliphatic heterocycles. The molecule has 0 fully saturated rings. The minimum atomic E-state index is -0.155. The molecule has 0 aliphatic carbocycles. The Morgan fingerprint density at radius 2 is 1.90 bits per heavy atom. The van der Waals surface area contributed by atoms with Gasteiger partial charge >= 0.3 is 0 Å². The van der Waals surface area contributed by atoms with E-state index in [1.807, 2.05) is 22.9 Å². The molecule has 0 radical (unpaired) electrons. The van der Waals surface area contributed by atoms with E-state index in [0.717, 1.165) is 33.5 Å². The molecule has 1 aromatic heterocycles. The smallest absolute Gasteiger partial charge is 0.138 e. The number of alkyl halides is 2. The molecule has 1 heterocycles. The van der Waals surface area contributed by atoms with Crippen LogP contribution in [0.2, 0.25) is 5.02 Å². The fourth-order valence-electron chi connectivity index (χ4n) is 2.40. The van der Waals surface area contributed by atoms with E-state index in [2.05, 4.69) is 61.9 Å². The second-order valence-corrected chi connectivity index (χ2v) is 6.95. The van der Waals surface area contributed by atoms with Crippen molar-refractivity contribution < 1.29 is 0 Å². The van der Waals surface area contributed by atoms with Gasteiger partial charge in [0.15, 0.2) is 0 Å². The highest BCUT2D eigenvalue weighted by Gasteiger charge is 2.34. The topological polar surface area (TPSA) is 30.7 Å². The Hall–Kier alpha value is -0.390. The first kappa shape index (κ1) is 17.0. The Balaban J connectivity index is 2.44. The number of nitrogens with zero attached hydrogens (tertiary/aromatic N) is 3. The van der Waals surface area contributed by atoms with E-state index in [1.54, 1.807) is 6.33 Å². The quantitative estimate of drug-likeness (QED) is 0.611. The minimum Gasteiger partial charge on any atom is -0.248 e. The lowest BCUT2D eigenvalue weighted by Crippen LogP contribution is -2.34. The lowest BCUT2D eigenvalue weighted by Gasteiger charge is -2.31. The molecule has 114 valence electrons. The fourth-order valence-corrected chi connectivity index (χ4v) is 4.66. The summed E-state index contributed by atoms with van der Waals surface area (Å²) in [5.41, 5.74) is 0.969. The normalized spacial score (nSPS) is 12.1. The van der Waals surface area contributed by atoms with Crippen LogP contribution in [-0.2, 0) is 11.8 Å². The average Bonchev–Trinajstić information content (AvgIpc) is 2.94. The molecule has 2 rings (SSSR count). The van der Waals surface area contributed by atoms with Crippen molar-refractivity contribution in [2.75, 3.05) is 10.7 Å². The third-order valence-electron chi connectivity index (χ3n) is 3.59. The van der Waals surface area contributed by atoms with E-state index in [0.29, 0.717) is 0 Å². The first-order chi connectivity index (χ1) is 10.0. The van der Waals surface area contributed by atoms with Gasteiger partial charge in [0.25, 0.3) is 0 Å². The molecule has 0 amide bonds. The van der Waals surface area contributed by atoms with Crippen LogP contribution in [0, 0.1) is 0 Å². The maximum atomic E-state index is 6.42. The minimum absolute atomic E-state index is 0.155. The fraction of sp³-hybridized carbons (Fsp3) is 0.467. The third kappa shape index (κ3) is 3.51. The maximum absolute atomic E-state index is 6.42. The highest BCUT2D eigenvalue weighted by molar-refractivity contribution is 9.09. The van der Waals surface area contributed by atoms with E-state index < -0.39 is 0 Å². The summed E-state index contributed by atoms with van der Waals surface area (Å²) in [4.78, 5) is 4.44. The highest BCUT2D eigenvalue weighted by atomic mass is 79.9. The van der Waals surface area contributed by atoms with Crippen molar-refractivity contribution in [1.82, 2.24) is 14.8 Å². The van der Waals surface area contributed by atoms with Gasteiger partial charge in [-0.05, 0) is 25.5 Å². The number of halogens is 3. The summed E-state index contributed by atoms with van der Waals surface area (Å²) >= 11 is 13.8. The van der Waals surface area contributed by atoms with Crippen LogP contribution in [0.15, 0.2) is 30.6 Å². The Labute approximate surface area is 147 Å². The number of rotatable bonds is 6. The van der Waals surface area contributed by atoms with Crippen molar-refractivity contribution in [3.8, 4) is 0 Å². The van der Waals surface area contributed by atoms with Crippen molar-refractivity contribution in [2.45, 2.75) is 31.7 Å². The second kappa shape index (κ2) is 7.25. The Morgan fingerprint density at radius 3 is 2.48 bits per heavy atom. The van der Waals surface area contributed by atoms with Crippen molar-refractivity contribution in [3.05, 3.63) is 47.0 Å². The summed E-state index contributed by atoms with van der Waals surface area (Å²) in [7, 11) is 0. The molecule has 0 aliphatic rings. The van der Waals surface area contributed by atoms with E-state index in [1.165, 1.54) is 0 Å². The SMILES string of the molecule is CC(C)n1ncnc1CC(CBr)(CBr)c1ccccc1Cl. The van der Waals surface area contributed by atoms with E-state index in [4.69, 9.17) is 11.6 Å². The molecule has 21 heavy (non-hydrogen) atoms. The zero-order chi connectivity index (χ0) is 15.5. The predicted octanol–water partition coefficient (Wildman–Crippen LogP) is 4.78. The third-order valence-corrected chi connectivity index (χ3v) is 6.07. The van der Waals surface area contributed by atoms with Gasteiger partial charge in [-0.1, -0.05) is 61.7 Å². The van der Waals surface area contributed by atoms with Crippen LogP contribution in [0.25, 0.3) is 0 Å². The standard InChI is InChI=1S/C15H18Br2ClN3/c1-11(2)21-14(19-10-20-21)7-15(8-16,9-17)12-5-3-4-6-13(12)18/h3-6,10-11H,7-9H2,1-2H3. The molecule has 0 saturated carbocycles. The summed E-state index contributed by atoms with van der Waals surface area (Å²) in [6.45, 7) is 4.22. The van der Waals surface area contributed by atoms with Gasteiger partial charge in [-0.3, -0.25) is 0 Å². The maximum Gasteiger partial charge on any atom is 0.138 e. The molecule has 0 unspecified atom stereocenters. The number of hydrogen-bond donors (Lipinski definition) is 0. The molecule has 3 nitrogen and oxygen atoms in total. The van der Waals surface area contributed by atoms with E-state index >= 15 is 0 Å². The van der Waals surface area contributed by atoms with Gasteiger partial charge in [-0.15, -0.1) is 0 Å². The van der Waals surface area contributed by atoms with E-state index in [9.17, 15) is 0 Å². The predicted molar refractivity (Wildman–Crippen MR) is 94.8 cm³/mol.